The third-order valence-electron chi connectivity index (χ3n) is 4.36. The van der Waals surface area contributed by atoms with Gasteiger partial charge in [-0.3, -0.25) is 4.79 Å². The Kier molecular flexibility index (Phi) is 2.40. The fraction of sp³-hybridized carbons (Fsp3) is 0.615. The number of aryl methyl sites for hydroxylation is 1. The fourth-order valence-corrected chi connectivity index (χ4v) is 3.46. The predicted octanol–water partition coefficient (Wildman–Crippen LogP) is 1.81. The lowest BCUT2D eigenvalue weighted by molar-refractivity contribution is -0.120. The van der Waals surface area contributed by atoms with E-state index in [0.717, 1.165) is 43.6 Å². The van der Waals surface area contributed by atoms with E-state index in [2.05, 4.69) is 16.5 Å². The lowest BCUT2D eigenvalue weighted by Gasteiger charge is -2.36. The number of rotatable bonds is 1. The Hall–Kier alpha value is -1.83. The van der Waals surface area contributed by atoms with Gasteiger partial charge in [-0.05, 0) is 19.8 Å². The zero-order valence-electron chi connectivity index (χ0n) is 10.4. The summed E-state index contributed by atoms with van der Waals surface area (Å²) in [5.41, 5.74) is 0.771. The van der Waals surface area contributed by atoms with Gasteiger partial charge in [0.1, 0.15) is 11.7 Å². The zero-order valence-corrected chi connectivity index (χ0v) is 10.4. The van der Waals surface area contributed by atoms with Gasteiger partial charge in [-0.25, -0.2) is 4.68 Å². The van der Waals surface area contributed by atoms with Crippen LogP contribution in [0.2, 0.25) is 0 Å². The second-order valence-corrected chi connectivity index (χ2v) is 5.14. The Bertz CT molecular complexity index is 534. The van der Waals surface area contributed by atoms with Crippen LogP contribution in [0.4, 0.5) is 5.82 Å². The minimum Gasteiger partial charge on any atom is -0.309 e. The first-order chi connectivity index (χ1) is 8.73. The molecule has 0 aromatic carbocycles. The molecule has 1 aromatic rings. The number of fused-ring (bicyclic) bond motifs is 2. The van der Waals surface area contributed by atoms with Crippen LogP contribution in [-0.4, -0.2) is 15.7 Å². The average molecular weight is 244 g/mol. The van der Waals surface area contributed by atoms with Crippen LogP contribution >= 0.6 is 0 Å². The molecule has 18 heavy (non-hydrogen) atoms. The fourth-order valence-electron chi connectivity index (χ4n) is 3.46. The van der Waals surface area contributed by atoms with Crippen LogP contribution in [-0.2, 0) is 16.8 Å². The maximum atomic E-state index is 12.1. The molecule has 1 amide bonds. The monoisotopic (exact) mass is 244 g/mol. The van der Waals surface area contributed by atoms with Crippen molar-refractivity contribution in [1.29, 1.82) is 5.26 Å². The number of carbonyl (C=O) groups excluding carboxylic acids is 1. The quantitative estimate of drug-likeness (QED) is 0.819. The second kappa shape index (κ2) is 3.84. The highest BCUT2D eigenvalue weighted by Crippen LogP contribution is 2.51. The molecule has 1 spiro atoms. The molecular formula is C13H16N4O. The van der Waals surface area contributed by atoms with E-state index in [-0.39, 0.29) is 11.3 Å². The number of aromatic nitrogens is 2. The van der Waals surface area contributed by atoms with E-state index in [0.29, 0.717) is 0 Å². The van der Waals surface area contributed by atoms with E-state index >= 15 is 0 Å². The van der Waals surface area contributed by atoms with E-state index in [1.165, 1.54) is 0 Å². The number of hydrogen-bond acceptors (Lipinski definition) is 3. The van der Waals surface area contributed by atoms with Crippen molar-refractivity contribution >= 4 is 11.7 Å². The van der Waals surface area contributed by atoms with Crippen LogP contribution in [0.5, 0.6) is 0 Å². The van der Waals surface area contributed by atoms with Crippen molar-refractivity contribution in [2.24, 2.45) is 5.92 Å². The van der Waals surface area contributed by atoms with Gasteiger partial charge in [-0.2, -0.15) is 10.4 Å². The van der Waals surface area contributed by atoms with Crippen LogP contribution in [0, 0.1) is 17.2 Å². The second-order valence-electron chi connectivity index (χ2n) is 5.14. The van der Waals surface area contributed by atoms with Gasteiger partial charge in [0, 0.05) is 17.5 Å². The molecule has 94 valence electrons. The molecule has 1 N–H and O–H groups in total. The molecule has 0 bridgehead atoms. The highest BCUT2D eigenvalue weighted by molar-refractivity contribution is 5.98. The van der Waals surface area contributed by atoms with Gasteiger partial charge in [0.25, 0.3) is 0 Å². The number of hydrogen-bond donors (Lipinski definition) is 1. The summed E-state index contributed by atoms with van der Waals surface area (Å²) in [5, 5.41) is 16.5. The smallest absolute Gasteiger partial charge is 0.243 e. The maximum absolute atomic E-state index is 12.1. The number of anilines is 1. The summed E-state index contributed by atoms with van der Waals surface area (Å²) in [5.74, 6) is 0.0695. The van der Waals surface area contributed by atoms with Gasteiger partial charge in [-0.1, -0.05) is 12.8 Å². The minimum atomic E-state index is -0.568. The van der Waals surface area contributed by atoms with Crippen molar-refractivity contribution < 1.29 is 4.79 Å². The largest absolute Gasteiger partial charge is 0.309 e. The van der Waals surface area contributed by atoms with E-state index in [9.17, 15) is 10.1 Å². The summed E-state index contributed by atoms with van der Waals surface area (Å²) in [6.07, 6.45) is 5.85. The molecule has 0 unspecified atom stereocenters. The van der Waals surface area contributed by atoms with Crippen molar-refractivity contribution in [3.05, 3.63) is 11.8 Å². The number of amides is 1. The Morgan fingerprint density at radius 3 is 2.94 bits per heavy atom. The van der Waals surface area contributed by atoms with Crippen molar-refractivity contribution in [3.63, 3.8) is 0 Å². The van der Waals surface area contributed by atoms with Crippen molar-refractivity contribution in [1.82, 2.24) is 9.78 Å². The normalized spacial score (nSPS) is 24.7. The summed E-state index contributed by atoms with van der Waals surface area (Å²) in [6.45, 7) is 2.72. The van der Waals surface area contributed by atoms with Crippen LogP contribution < -0.4 is 5.32 Å². The number of nitrogens with one attached hydrogen (secondary N) is 1. The number of carbonyl (C=O) groups is 1. The third-order valence-corrected chi connectivity index (χ3v) is 4.36. The Morgan fingerprint density at radius 1 is 1.61 bits per heavy atom. The Balaban J connectivity index is 2.19. The van der Waals surface area contributed by atoms with Gasteiger partial charge in [-0.15, -0.1) is 0 Å². The third kappa shape index (κ3) is 1.26. The lowest BCUT2D eigenvalue weighted by atomic mass is 9.68. The summed E-state index contributed by atoms with van der Waals surface area (Å²) < 4.78 is 1.81. The number of nitriles is 1. The molecule has 3 rings (SSSR count). The Labute approximate surface area is 106 Å². The molecule has 0 radical (unpaired) electrons. The summed E-state index contributed by atoms with van der Waals surface area (Å²) in [6, 6.07) is 2.21. The van der Waals surface area contributed by atoms with Crippen LogP contribution in [0.25, 0.3) is 0 Å². The molecule has 1 saturated carbocycles. The van der Waals surface area contributed by atoms with Crippen molar-refractivity contribution in [3.8, 4) is 6.07 Å². The molecule has 2 aliphatic rings. The predicted molar refractivity (Wildman–Crippen MR) is 65.8 cm³/mol. The summed E-state index contributed by atoms with van der Waals surface area (Å²) in [4.78, 5) is 12.1. The molecule has 2 heterocycles. The maximum Gasteiger partial charge on any atom is 0.243 e. The molecule has 0 saturated heterocycles. The molecule has 5 nitrogen and oxygen atoms in total. The van der Waals surface area contributed by atoms with Crippen LogP contribution in [0.1, 0.15) is 38.2 Å². The first-order valence-corrected chi connectivity index (χ1v) is 6.49. The van der Waals surface area contributed by atoms with Gasteiger partial charge in [0.05, 0.1) is 12.3 Å². The van der Waals surface area contributed by atoms with Gasteiger partial charge < -0.3 is 5.32 Å². The van der Waals surface area contributed by atoms with Gasteiger partial charge in [0.15, 0.2) is 0 Å². The average Bonchev–Trinajstić information content (AvgIpc) is 2.97. The zero-order chi connectivity index (χ0) is 12.8. The van der Waals surface area contributed by atoms with E-state index in [1.54, 1.807) is 4.68 Å². The lowest BCUT2D eigenvalue weighted by Crippen LogP contribution is -2.44. The van der Waals surface area contributed by atoms with Crippen LogP contribution in [0.15, 0.2) is 6.20 Å². The first kappa shape index (κ1) is 11.3. The standard InChI is InChI=1S/C13H16N4O/c1-2-17-11-10(8-15-17)13(5-3-4-6-13)9(7-14)12(18)16-11/h8-9H,2-6H2,1H3,(H,16,18)/t9-/m0/s1. The highest BCUT2D eigenvalue weighted by atomic mass is 16.2. The molecule has 5 heteroatoms. The topological polar surface area (TPSA) is 70.7 Å². The van der Waals surface area contributed by atoms with Crippen molar-refractivity contribution in [2.45, 2.75) is 44.6 Å². The summed E-state index contributed by atoms with van der Waals surface area (Å²) >= 11 is 0. The molecule has 1 fully saturated rings. The van der Waals surface area contributed by atoms with Crippen molar-refractivity contribution in [2.75, 3.05) is 5.32 Å². The molecule has 1 aromatic heterocycles. The number of nitrogens with zero attached hydrogens (tertiary/aromatic N) is 3. The molecular weight excluding hydrogens is 228 g/mol. The van der Waals surface area contributed by atoms with Gasteiger partial charge >= 0.3 is 0 Å². The highest BCUT2D eigenvalue weighted by Gasteiger charge is 2.52. The molecule has 1 aliphatic heterocycles. The first-order valence-electron chi connectivity index (χ1n) is 6.49. The van der Waals surface area contributed by atoms with Gasteiger partial charge in [0.2, 0.25) is 5.91 Å². The SMILES string of the molecule is CCn1ncc2c1NC(=O)[C@H](C#N)C21CCCC1. The minimum absolute atomic E-state index is 0.165. The van der Waals surface area contributed by atoms with E-state index in [1.807, 2.05) is 13.1 Å². The van der Waals surface area contributed by atoms with E-state index in [4.69, 9.17) is 0 Å². The molecule has 1 aliphatic carbocycles. The van der Waals surface area contributed by atoms with E-state index < -0.39 is 5.92 Å². The Morgan fingerprint density at radius 2 is 2.33 bits per heavy atom. The molecule has 1 atom stereocenters. The summed E-state index contributed by atoms with van der Waals surface area (Å²) in [7, 11) is 0. The van der Waals surface area contributed by atoms with Crippen LogP contribution in [0.3, 0.4) is 0 Å².